The number of aliphatic carboxylic acids is 1. The number of aryl methyl sites for hydroxylation is 1. The van der Waals surface area contributed by atoms with Gasteiger partial charge in [0.25, 0.3) is 0 Å². The molecule has 1 heterocycles. The molecule has 82 valence electrons. The SMILES string of the molecule is C=C(C(=O)O)c1ccc2c(c1)oc(=O)n2C. The topological polar surface area (TPSA) is 72.4 Å². The zero-order valence-corrected chi connectivity index (χ0v) is 8.56. The van der Waals surface area contributed by atoms with Gasteiger partial charge in [-0.2, -0.15) is 0 Å². The molecular formula is C11H9NO4. The number of benzene rings is 1. The van der Waals surface area contributed by atoms with Crippen molar-refractivity contribution in [1.82, 2.24) is 4.57 Å². The van der Waals surface area contributed by atoms with Crippen LogP contribution in [0, 0.1) is 0 Å². The smallest absolute Gasteiger partial charge is 0.419 e. The summed E-state index contributed by atoms with van der Waals surface area (Å²) in [5.74, 6) is -1.58. The standard InChI is InChI=1S/C11H9NO4/c1-6(10(13)14)7-3-4-8-9(5-7)16-11(15)12(8)2/h3-5H,1H2,2H3,(H,13,14). The van der Waals surface area contributed by atoms with Crippen molar-refractivity contribution in [3.05, 3.63) is 40.9 Å². The van der Waals surface area contributed by atoms with Gasteiger partial charge < -0.3 is 9.52 Å². The first-order valence-electron chi connectivity index (χ1n) is 4.53. The fourth-order valence-electron chi connectivity index (χ4n) is 1.45. The molecule has 1 aromatic carbocycles. The summed E-state index contributed by atoms with van der Waals surface area (Å²) in [5, 5.41) is 8.77. The van der Waals surface area contributed by atoms with Gasteiger partial charge in [-0.3, -0.25) is 4.57 Å². The van der Waals surface area contributed by atoms with Gasteiger partial charge in [0.05, 0.1) is 11.1 Å². The number of nitrogens with zero attached hydrogens (tertiary/aromatic N) is 1. The molecule has 0 spiro atoms. The number of carboxylic acids is 1. The number of oxazole rings is 1. The Bertz CT molecular complexity index is 648. The molecule has 2 rings (SSSR count). The molecule has 0 aliphatic rings. The van der Waals surface area contributed by atoms with E-state index in [1.807, 2.05) is 0 Å². The molecule has 0 saturated carbocycles. The number of hydrogen-bond acceptors (Lipinski definition) is 3. The van der Waals surface area contributed by atoms with Crippen molar-refractivity contribution >= 4 is 22.6 Å². The molecule has 2 aromatic rings. The van der Waals surface area contributed by atoms with Crippen molar-refractivity contribution in [2.75, 3.05) is 0 Å². The van der Waals surface area contributed by atoms with Gasteiger partial charge in [-0.15, -0.1) is 0 Å². The van der Waals surface area contributed by atoms with Crippen LogP contribution in [-0.4, -0.2) is 15.6 Å². The number of aromatic nitrogens is 1. The third-order valence-electron chi connectivity index (χ3n) is 2.40. The van der Waals surface area contributed by atoms with Crippen LogP contribution in [0.25, 0.3) is 16.7 Å². The van der Waals surface area contributed by atoms with E-state index in [9.17, 15) is 9.59 Å². The lowest BCUT2D eigenvalue weighted by Crippen LogP contribution is -2.08. The van der Waals surface area contributed by atoms with E-state index in [2.05, 4.69) is 6.58 Å². The maximum Gasteiger partial charge on any atom is 0.419 e. The van der Waals surface area contributed by atoms with E-state index in [1.54, 1.807) is 19.2 Å². The van der Waals surface area contributed by atoms with E-state index >= 15 is 0 Å². The molecule has 0 fully saturated rings. The predicted molar refractivity (Wildman–Crippen MR) is 58.1 cm³/mol. The first-order chi connectivity index (χ1) is 7.50. The highest BCUT2D eigenvalue weighted by Gasteiger charge is 2.11. The Morgan fingerprint density at radius 2 is 2.19 bits per heavy atom. The van der Waals surface area contributed by atoms with Crippen LogP contribution >= 0.6 is 0 Å². The molecular weight excluding hydrogens is 210 g/mol. The second-order valence-corrected chi connectivity index (χ2v) is 3.39. The van der Waals surface area contributed by atoms with Crippen LogP contribution in [0.2, 0.25) is 0 Å². The Morgan fingerprint density at radius 1 is 1.50 bits per heavy atom. The van der Waals surface area contributed by atoms with Crippen molar-refractivity contribution in [1.29, 1.82) is 0 Å². The number of hydrogen-bond donors (Lipinski definition) is 1. The normalized spacial score (nSPS) is 10.6. The van der Waals surface area contributed by atoms with E-state index < -0.39 is 11.7 Å². The van der Waals surface area contributed by atoms with E-state index in [1.165, 1.54) is 10.6 Å². The molecule has 0 radical (unpaired) electrons. The fourth-order valence-corrected chi connectivity index (χ4v) is 1.45. The van der Waals surface area contributed by atoms with Crippen molar-refractivity contribution in [2.24, 2.45) is 7.05 Å². The third kappa shape index (κ3) is 1.42. The van der Waals surface area contributed by atoms with E-state index in [4.69, 9.17) is 9.52 Å². The summed E-state index contributed by atoms with van der Waals surface area (Å²) in [7, 11) is 1.58. The predicted octanol–water partition coefficient (Wildman–Crippen LogP) is 1.23. The van der Waals surface area contributed by atoms with Crippen molar-refractivity contribution < 1.29 is 14.3 Å². The number of fused-ring (bicyclic) bond motifs is 1. The molecule has 5 heteroatoms. The fraction of sp³-hybridized carbons (Fsp3) is 0.0909. The maximum atomic E-state index is 11.2. The summed E-state index contributed by atoms with van der Waals surface area (Å²) in [6.07, 6.45) is 0. The van der Waals surface area contributed by atoms with E-state index in [-0.39, 0.29) is 5.57 Å². The van der Waals surface area contributed by atoms with Crippen LogP contribution in [0.5, 0.6) is 0 Å². The zero-order chi connectivity index (χ0) is 11.9. The highest BCUT2D eigenvalue weighted by Crippen LogP contribution is 2.19. The first kappa shape index (κ1) is 10.2. The minimum absolute atomic E-state index is 0.0339. The van der Waals surface area contributed by atoms with Crippen molar-refractivity contribution in [3.8, 4) is 0 Å². The average Bonchev–Trinajstić information content (AvgIpc) is 2.53. The summed E-state index contributed by atoms with van der Waals surface area (Å²) in [6, 6.07) is 4.71. The maximum absolute atomic E-state index is 11.2. The third-order valence-corrected chi connectivity index (χ3v) is 2.40. The largest absolute Gasteiger partial charge is 0.478 e. The minimum Gasteiger partial charge on any atom is -0.478 e. The Labute approximate surface area is 90.2 Å². The molecule has 1 N–H and O–H groups in total. The quantitative estimate of drug-likeness (QED) is 0.771. The molecule has 0 unspecified atom stereocenters. The lowest BCUT2D eigenvalue weighted by molar-refractivity contribution is -0.130. The number of carboxylic acid groups (broad SMARTS) is 1. The molecule has 0 saturated heterocycles. The monoisotopic (exact) mass is 219 g/mol. The van der Waals surface area contributed by atoms with E-state index in [0.717, 1.165) is 0 Å². The molecule has 0 atom stereocenters. The van der Waals surface area contributed by atoms with Crippen LogP contribution < -0.4 is 5.76 Å². The van der Waals surface area contributed by atoms with Gasteiger partial charge in [0.15, 0.2) is 5.58 Å². The number of carbonyl (C=O) groups is 1. The van der Waals surface area contributed by atoms with Gasteiger partial charge in [0.2, 0.25) is 0 Å². The van der Waals surface area contributed by atoms with Crippen LogP contribution in [0.4, 0.5) is 0 Å². The molecule has 0 bridgehead atoms. The zero-order valence-electron chi connectivity index (χ0n) is 8.56. The van der Waals surface area contributed by atoms with Crippen molar-refractivity contribution in [2.45, 2.75) is 0 Å². The van der Waals surface area contributed by atoms with Gasteiger partial charge >= 0.3 is 11.7 Å². The van der Waals surface area contributed by atoms with Crippen LogP contribution in [-0.2, 0) is 11.8 Å². The van der Waals surface area contributed by atoms with Gasteiger partial charge in [-0.25, -0.2) is 9.59 Å². The summed E-state index contributed by atoms with van der Waals surface area (Å²) >= 11 is 0. The highest BCUT2D eigenvalue weighted by atomic mass is 16.4. The molecule has 16 heavy (non-hydrogen) atoms. The van der Waals surface area contributed by atoms with E-state index in [0.29, 0.717) is 16.7 Å². The lowest BCUT2D eigenvalue weighted by Gasteiger charge is -1.99. The molecule has 0 amide bonds. The van der Waals surface area contributed by atoms with Crippen LogP contribution in [0.15, 0.2) is 34.0 Å². The summed E-state index contributed by atoms with van der Waals surface area (Å²) in [6.45, 7) is 3.43. The Kier molecular flexibility index (Phi) is 2.16. The van der Waals surface area contributed by atoms with Gasteiger partial charge in [0, 0.05) is 7.05 Å². The Morgan fingerprint density at radius 3 is 2.81 bits per heavy atom. The first-order valence-corrected chi connectivity index (χ1v) is 4.53. The molecule has 0 aliphatic carbocycles. The number of rotatable bonds is 2. The molecule has 1 aromatic heterocycles. The summed E-state index contributed by atoms with van der Waals surface area (Å²) in [4.78, 5) is 21.9. The second kappa shape index (κ2) is 3.37. The van der Waals surface area contributed by atoms with Crippen molar-refractivity contribution in [3.63, 3.8) is 0 Å². The van der Waals surface area contributed by atoms with Crippen LogP contribution in [0.1, 0.15) is 5.56 Å². The summed E-state index contributed by atoms with van der Waals surface area (Å²) in [5.41, 5.74) is 1.36. The van der Waals surface area contributed by atoms with Gasteiger partial charge in [-0.05, 0) is 17.7 Å². The second-order valence-electron chi connectivity index (χ2n) is 3.39. The Balaban J connectivity index is 2.66. The lowest BCUT2D eigenvalue weighted by atomic mass is 10.1. The Hall–Kier alpha value is -2.30. The average molecular weight is 219 g/mol. The highest BCUT2D eigenvalue weighted by molar-refractivity contribution is 6.14. The van der Waals surface area contributed by atoms with Gasteiger partial charge in [-0.1, -0.05) is 12.6 Å². The minimum atomic E-state index is -1.10. The molecule has 0 aliphatic heterocycles. The summed E-state index contributed by atoms with van der Waals surface area (Å²) < 4.78 is 6.29. The van der Waals surface area contributed by atoms with Gasteiger partial charge in [0.1, 0.15) is 0 Å². The van der Waals surface area contributed by atoms with Crippen LogP contribution in [0.3, 0.4) is 0 Å². The molecule has 5 nitrogen and oxygen atoms in total.